The lowest BCUT2D eigenvalue weighted by molar-refractivity contribution is 0.566. The molecule has 0 saturated heterocycles. The molecular formula is C22H20Cl2. The average molecular weight is 355 g/mol. The average Bonchev–Trinajstić information content (AvgIpc) is 3.06. The monoisotopic (exact) mass is 354 g/mol. The van der Waals surface area contributed by atoms with Gasteiger partial charge in [-0.05, 0) is 48.9 Å². The third kappa shape index (κ3) is 2.53. The molecule has 0 bridgehead atoms. The molecule has 0 heterocycles. The predicted octanol–water partition coefficient (Wildman–Crippen LogP) is 6.71. The van der Waals surface area contributed by atoms with Crippen LogP contribution >= 0.6 is 23.2 Å². The van der Waals surface area contributed by atoms with Crippen LogP contribution in [0.4, 0.5) is 0 Å². The lowest BCUT2D eigenvalue weighted by Crippen LogP contribution is -2.21. The van der Waals surface area contributed by atoms with Crippen molar-refractivity contribution >= 4 is 35.4 Å². The van der Waals surface area contributed by atoms with Crippen LogP contribution in [0.15, 0.2) is 48.6 Å². The Morgan fingerprint density at radius 2 is 1.12 bits per heavy atom. The largest absolute Gasteiger partial charge is 0.109 e. The summed E-state index contributed by atoms with van der Waals surface area (Å²) in [5, 5.41) is 0. The number of benzene rings is 2. The van der Waals surface area contributed by atoms with E-state index in [0.29, 0.717) is 0 Å². The summed E-state index contributed by atoms with van der Waals surface area (Å²) in [5.74, 6) is 0. The van der Waals surface area contributed by atoms with Crippen molar-refractivity contribution in [1.29, 1.82) is 0 Å². The zero-order valence-corrected chi connectivity index (χ0v) is 15.5. The molecule has 2 unspecified atom stereocenters. The Labute approximate surface area is 153 Å². The topological polar surface area (TPSA) is 0 Å². The lowest BCUT2D eigenvalue weighted by atomic mass is 9.87. The van der Waals surface area contributed by atoms with E-state index in [0.717, 1.165) is 12.8 Å². The van der Waals surface area contributed by atoms with Crippen molar-refractivity contribution in [2.45, 2.75) is 36.4 Å². The molecule has 0 aliphatic heterocycles. The van der Waals surface area contributed by atoms with Crippen LogP contribution in [0.3, 0.4) is 0 Å². The minimum Gasteiger partial charge on any atom is -0.109 e. The zero-order chi connectivity index (χ0) is 16.9. The highest BCUT2D eigenvalue weighted by atomic mass is 35.5. The molecule has 2 heteroatoms. The molecule has 0 N–H and O–H groups in total. The van der Waals surface area contributed by atoms with E-state index < -0.39 is 9.75 Å². The van der Waals surface area contributed by atoms with Gasteiger partial charge in [0.2, 0.25) is 0 Å². The van der Waals surface area contributed by atoms with E-state index in [9.17, 15) is 0 Å². The number of rotatable bonds is 3. The maximum absolute atomic E-state index is 7.00. The second kappa shape index (κ2) is 5.51. The van der Waals surface area contributed by atoms with E-state index in [1.165, 1.54) is 33.4 Å². The minimum absolute atomic E-state index is 0.455. The number of halogens is 2. The molecule has 2 aromatic rings. The van der Waals surface area contributed by atoms with Crippen LogP contribution in [-0.4, -0.2) is 0 Å². The van der Waals surface area contributed by atoms with Gasteiger partial charge in [-0.2, -0.15) is 0 Å². The van der Waals surface area contributed by atoms with Crippen LogP contribution in [-0.2, 0) is 9.75 Å². The minimum atomic E-state index is -0.455. The molecule has 4 rings (SSSR count). The van der Waals surface area contributed by atoms with Crippen molar-refractivity contribution in [3.8, 4) is 0 Å². The molecule has 2 atom stereocenters. The van der Waals surface area contributed by atoms with Gasteiger partial charge in [-0.15, -0.1) is 23.2 Å². The Bertz CT molecular complexity index is 804. The molecule has 0 saturated carbocycles. The van der Waals surface area contributed by atoms with Crippen molar-refractivity contribution in [2.75, 3.05) is 0 Å². The van der Waals surface area contributed by atoms with Crippen LogP contribution in [0.1, 0.15) is 46.2 Å². The third-order valence-electron chi connectivity index (χ3n) is 5.22. The van der Waals surface area contributed by atoms with Crippen LogP contribution < -0.4 is 0 Å². The molecule has 2 aliphatic carbocycles. The molecule has 0 fully saturated rings. The highest BCUT2D eigenvalue weighted by Crippen LogP contribution is 2.49. The normalized spacial score (nSPS) is 26.7. The quantitative estimate of drug-likeness (QED) is 0.537. The van der Waals surface area contributed by atoms with E-state index >= 15 is 0 Å². The first-order valence-corrected chi connectivity index (χ1v) is 9.14. The fourth-order valence-electron chi connectivity index (χ4n) is 3.77. The number of hydrogen-bond acceptors (Lipinski definition) is 0. The molecule has 0 spiro atoms. The maximum Gasteiger partial charge on any atom is 0.0885 e. The summed E-state index contributed by atoms with van der Waals surface area (Å²) in [6.45, 7) is 4.22. The smallest absolute Gasteiger partial charge is 0.0885 e. The standard InChI is InChI=1S/C22H20Cl2/c1-15-3-5-17-7-9-21(23,19(17)13-15)11-12-22(24)10-8-18-6-4-16(2)14-20(18)22/h3-10,13-14H,11-12H2,1-2H3. The molecule has 122 valence electrons. The summed E-state index contributed by atoms with van der Waals surface area (Å²) >= 11 is 14.0. The highest BCUT2D eigenvalue weighted by molar-refractivity contribution is 6.28. The first-order valence-electron chi connectivity index (χ1n) is 8.38. The highest BCUT2D eigenvalue weighted by Gasteiger charge is 2.38. The van der Waals surface area contributed by atoms with Gasteiger partial charge >= 0.3 is 0 Å². The molecular weight excluding hydrogens is 335 g/mol. The summed E-state index contributed by atoms with van der Waals surface area (Å²) < 4.78 is 0. The van der Waals surface area contributed by atoms with Crippen LogP contribution in [0, 0.1) is 13.8 Å². The summed E-state index contributed by atoms with van der Waals surface area (Å²) in [5.41, 5.74) is 7.33. The molecule has 24 heavy (non-hydrogen) atoms. The number of alkyl halides is 2. The van der Waals surface area contributed by atoms with Crippen LogP contribution in [0.2, 0.25) is 0 Å². The van der Waals surface area contributed by atoms with Gasteiger partial charge in [-0.25, -0.2) is 0 Å². The van der Waals surface area contributed by atoms with Gasteiger partial charge in [0.05, 0.1) is 9.75 Å². The van der Waals surface area contributed by atoms with Crippen LogP contribution in [0.5, 0.6) is 0 Å². The first-order chi connectivity index (χ1) is 11.4. The van der Waals surface area contributed by atoms with E-state index in [1.54, 1.807) is 0 Å². The Morgan fingerprint density at radius 1 is 0.708 bits per heavy atom. The summed E-state index contributed by atoms with van der Waals surface area (Å²) in [7, 11) is 0. The summed E-state index contributed by atoms with van der Waals surface area (Å²) in [6.07, 6.45) is 10.1. The Morgan fingerprint density at radius 3 is 1.54 bits per heavy atom. The molecule has 2 aliphatic rings. The van der Waals surface area contributed by atoms with Gasteiger partial charge in [0.15, 0.2) is 0 Å². The Kier molecular flexibility index (Phi) is 3.67. The Hall–Kier alpha value is -1.50. The van der Waals surface area contributed by atoms with Gasteiger partial charge in [0.25, 0.3) is 0 Å². The van der Waals surface area contributed by atoms with Crippen molar-refractivity contribution in [2.24, 2.45) is 0 Å². The van der Waals surface area contributed by atoms with Crippen LogP contribution in [0.25, 0.3) is 12.2 Å². The third-order valence-corrected chi connectivity index (χ3v) is 6.26. The van der Waals surface area contributed by atoms with E-state index in [4.69, 9.17) is 23.2 Å². The molecule has 0 nitrogen and oxygen atoms in total. The number of hydrogen-bond donors (Lipinski definition) is 0. The van der Waals surface area contributed by atoms with E-state index in [-0.39, 0.29) is 0 Å². The fourth-order valence-corrected chi connectivity index (χ4v) is 4.42. The van der Waals surface area contributed by atoms with Crippen molar-refractivity contribution in [1.82, 2.24) is 0 Å². The summed E-state index contributed by atoms with van der Waals surface area (Å²) in [6, 6.07) is 13.0. The lowest BCUT2D eigenvalue weighted by Gasteiger charge is -2.28. The first kappa shape index (κ1) is 16.0. The van der Waals surface area contributed by atoms with Crippen molar-refractivity contribution < 1.29 is 0 Å². The summed E-state index contributed by atoms with van der Waals surface area (Å²) in [4.78, 5) is -0.909. The second-order valence-electron chi connectivity index (χ2n) is 7.07. The molecule has 0 amide bonds. The van der Waals surface area contributed by atoms with E-state index in [2.05, 4.69) is 74.5 Å². The molecule has 0 radical (unpaired) electrons. The predicted molar refractivity (Wildman–Crippen MR) is 105 cm³/mol. The fraction of sp³-hybridized carbons (Fsp3) is 0.273. The zero-order valence-electron chi connectivity index (χ0n) is 13.9. The van der Waals surface area contributed by atoms with Gasteiger partial charge in [-0.3, -0.25) is 0 Å². The van der Waals surface area contributed by atoms with E-state index in [1.807, 2.05) is 0 Å². The Balaban J connectivity index is 1.62. The second-order valence-corrected chi connectivity index (χ2v) is 8.42. The van der Waals surface area contributed by atoms with Gasteiger partial charge in [0, 0.05) is 0 Å². The molecule has 0 aromatic heterocycles. The van der Waals surface area contributed by atoms with Gasteiger partial charge < -0.3 is 0 Å². The van der Waals surface area contributed by atoms with Gasteiger partial charge in [0.1, 0.15) is 0 Å². The SMILES string of the molecule is Cc1ccc2c(c1)C(Cl)(CCC1(Cl)C=Cc3ccc(C)cc31)C=C2. The van der Waals surface area contributed by atoms with Crippen molar-refractivity contribution in [3.05, 3.63) is 81.9 Å². The molecule has 2 aromatic carbocycles. The number of aryl methyl sites for hydroxylation is 2. The maximum atomic E-state index is 7.00. The van der Waals surface area contributed by atoms with Gasteiger partial charge in [-0.1, -0.05) is 71.8 Å². The number of allylic oxidation sites excluding steroid dienone is 2. The number of fused-ring (bicyclic) bond motifs is 2. The van der Waals surface area contributed by atoms with Crippen molar-refractivity contribution in [3.63, 3.8) is 0 Å².